The molecule has 0 saturated carbocycles. The molecule has 1 aromatic rings. The number of carbonyl (C=O) groups is 1. The van der Waals surface area contributed by atoms with E-state index >= 15 is 0 Å². The van der Waals surface area contributed by atoms with Gasteiger partial charge in [0.05, 0.1) is 16.9 Å². The maximum atomic E-state index is 12.3. The first-order valence-electron chi connectivity index (χ1n) is 5.39. The number of carboxylic acid groups (broad SMARTS) is 1. The summed E-state index contributed by atoms with van der Waals surface area (Å²) in [4.78, 5) is 11.2. The molecule has 0 aliphatic rings. The van der Waals surface area contributed by atoms with Gasteiger partial charge in [0.15, 0.2) is 0 Å². The molecule has 104 valence electrons. The SMILES string of the molecule is Cc1sc(C(=O)O)cc1S(=O)(=O)N(C)CC(C)C#N. The van der Waals surface area contributed by atoms with Gasteiger partial charge in [-0.2, -0.15) is 9.57 Å². The fourth-order valence-electron chi connectivity index (χ4n) is 1.52. The molecule has 0 radical (unpaired) electrons. The molecular weight excluding hydrogens is 288 g/mol. The van der Waals surface area contributed by atoms with Gasteiger partial charge in [0.2, 0.25) is 10.0 Å². The molecule has 0 aliphatic carbocycles. The Kier molecular flexibility index (Phi) is 4.68. The molecule has 6 nitrogen and oxygen atoms in total. The molecule has 1 heterocycles. The van der Waals surface area contributed by atoms with E-state index in [4.69, 9.17) is 10.4 Å². The molecule has 19 heavy (non-hydrogen) atoms. The lowest BCUT2D eigenvalue weighted by atomic mass is 10.2. The monoisotopic (exact) mass is 302 g/mol. The van der Waals surface area contributed by atoms with Gasteiger partial charge in [-0.1, -0.05) is 0 Å². The highest BCUT2D eigenvalue weighted by Crippen LogP contribution is 2.28. The lowest BCUT2D eigenvalue weighted by molar-refractivity contribution is 0.0702. The van der Waals surface area contributed by atoms with Crippen molar-refractivity contribution in [3.05, 3.63) is 15.8 Å². The van der Waals surface area contributed by atoms with E-state index in [0.29, 0.717) is 4.88 Å². The van der Waals surface area contributed by atoms with Crippen LogP contribution in [-0.2, 0) is 10.0 Å². The van der Waals surface area contributed by atoms with Crippen LogP contribution in [-0.4, -0.2) is 37.4 Å². The summed E-state index contributed by atoms with van der Waals surface area (Å²) in [5.74, 6) is -1.58. The summed E-state index contributed by atoms with van der Waals surface area (Å²) in [7, 11) is -2.38. The van der Waals surface area contributed by atoms with Crippen LogP contribution in [0.5, 0.6) is 0 Å². The van der Waals surface area contributed by atoms with Gasteiger partial charge in [-0.05, 0) is 19.9 Å². The highest BCUT2D eigenvalue weighted by atomic mass is 32.2. The largest absolute Gasteiger partial charge is 0.477 e. The lowest BCUT2D eigenvalue weighted by Crippen LogP contribution is -2.30. The second kappa shape index (κ2) is 5.69. The van der Waals surface area contributed by atoms with Crippen molar-refractivity contribution in [1.82, 2.24) is 4.31 Å². The summed E-state index contributed by atoms with van der Waals surface area (Å²) in [6.07, 6.45) is 0. The molecule has 0 aromatic carbocycles. The Morgan fingerprint density at radius 3 is 2.63 bits per heavy atom. The summed E-state index contributed by atoms with van der Waals surface area (Å²) in [5.41, 5.74) is 0. The predicted molar refractivity (Wildman–Crippen MR) is 70.6 cm³/mol. The summed E-state index contributed by atoms with van der Waals surface area (Å²) in [5, 5.41) is 17.6. The zero-order valence-corrected chi connectivity index (χ0v) is 12.4. The average Bonchev–Trinajstić information content (AvgIpc) is 2.71. The van der Waals surface area contributed by atoms with Gasteiger partial charge >= 0.3 is 5.97 Å². The molecule has 8 heteroatoms. The molecule has 0 bridgehead atoms. The standard InChI is InChI=1S/C11H14N2O4S2/c1-7(5-12)6-13(3)19(16,17)10-4-9(11(14)15)18-8(10)2/h4,7H,6H2,1-3H3,(H,14,15). The van der Waals surface area contributed by atoms with Gasteiger partial charge < -0.3 is 5.11 Å². The Labute approximate surface area is 115 Å². The van der Waals surface area contributed by atoms with E-state index in [9.17, 15) is 13.2 Å². The normalized spacial score (nSPS) is 13.2. The van der Waals surface area contributed by atoms with E-state index in [1.807, 2.05) is 6.07 Å². The second-order valence-corrected chi connectivity index (χ2v) is 7.42. The van der Waals surface area contributed by atoms with Gasteiger partial charge in [-0.25, -0.2) is 13.2 Å². The quantitative estimate of drug-likeness (QED) is 0.889. The summed E-state index contributed by atoms with van der Waals surface area (Å²) < 4.78 is 25.6. The van der Waals surface area contributed by atoms with Crippen LogP contribution in [0.2, 0.25) is 0 Å². The molecule has 1 atom stereocenters. The van der Waals surface area contributed by atoms with Gasteiger partial charge in [0.1, 0.15) is 4.88 Å². The smallest absolute Gasteiger partial charge is 0.345 e. The van der Waals surface area contributed by atoms with Gasteiger partial charge in [0.25, 0.3) is 0 Å². The van der Waals surface area contributed by atoms with Gasteiger partial charge in [0, 0.05) is 18.5 Å². The topological polar surface area (TPSA) is 98.5 Å². The van der Waals surface area contributed by atoms with Crippen molar-refractivity contribution in [2.24, 2.45) is 5.92 Å². The highest BCUT2D eigenvalue weighted by Gasteiger charge is 2.27. The number of nitrogens with zero attached hydrogens (tertiary/aromatic N) is 2. The van der Waals surface area contributed by atoms with Crippen LogP contribution in [0.15, 0.2) is 11.0 Å². The molecule has 0 fully saturated rings. The van der Waals surface area contributed by atoms with Crippen molar-refractivity contribution in [3.8, 4) is 6.07 Å². The van der Waals surface area contributed by atoms with E-state index in [1.54, 1.807) is 13.8 Å². The zero-order valence-electron chi connectivity index (χ0n) is 10.7. The fourth-order valence-corrected chi connectivity index (χ4v) is 4.17. The average molecular weight is 302 g/mol. The lowest BCUT2D eigenvalue weighted by Gasteiger charge is -2.17. The van der Waals surface area contributed by atoms with Crippen molar-refractivity contribution in [3.63, 3.8) is 0 Å². The number of thiophene rings is 1. The van der Waals surface area contributed by atoms with Crippen molar-refractivity contribution in [2.75, 3.05) is 13.6 Å². The number of carboxylic acids is 1. The highest BCUT2D eigenvalue weighted by molar-refractivity contribution is 7.89. The van der Waals surface area contributed by atoms with Crippen molar-refractivity contribution in [1.29, 1.82) is 5.26 Å². The Balaban J connectivity index is 3.14. The van der Waals surface area contributed by atoms with E-state index in [2.05, 4.69) is 0 Å². The first-order valence-corrected chi connectivity index (χ1v) is 7.65. The van der Waals surface area contributed by atoms with Crippen LogP contribution in [0.4, 0.5) is 0 Å². The molecule has 0 amide bonds. The first-order chi connectivity index (χ1) is 8.70. The summed E-state index contributed by atoms with van der Waals surface area (Å²) >= 11 is 0.921. The van der Waals surface area contributed by atoms with E-state index < -0.39 is 21.9 Å². The molecule has 1 unspecified atom stereocenters. The van der Waals surface area contributed by atoms with Gasteiger partial charge in [-0.3, -0.25) is 0 Å². The first kappa shape index (κ1) is 15.6. The summed E-state index contributed by atoms with van der Waals surface area (Å²) in [6.45, 7) is 3.25. The Morgan fingerprint density at radius 1 is 1.63 bits per heavy atom. The van der Waals surface area contributed by atoms with Crippen LogP contribution < -0.4 is 0 Å². The fraction of sp³-hybridized carbons (Fsp3) is 0.455. The van der Waals surface area contributed by atoms with Crippen LogP contribution in [0.3, 0.4) is 0 Å². The third-order valence-corrected chi connectivity index (χ3v) is 5.64. The minimum atomic E-state index is -3.76. The van der Waals surface area contributed by atoms with Gasteiger partial charge in [-0.15, -0.1) is 11.3 Å². The van der Waals surface area contributed by atoms with Crippen LogP contribution in [0, 0.1) is 24.2 Å². The third-order valence-electron chi connectivity index (χ3n) is 2.52. The molecule has 1 rings (SSSR count). The maximum Gasteiger partial charge on any atom is 0.345 e. The molecule has 1 N–H and O–H groups in total. The maximum absolute atomic E-state index is 12.3. The summed E-state index contributed by atoms with van der Waals surface area (Å²) in [6, 6.07) is 3.12. The molecule has 1 aromatic heterocycles. The van der Waals surface area contributed by atoms with Crippen molar-refractivity contribution in [2.45, 2.75) is 18.7 Å². The van der Waals surface area contributed by atoms with Crippen LogP contribution in [0.1, 0.15) is 21.5 Å². The minimum absolute atomic E-state index is 0.0115. The number of aryl methyl sites for hydroxylation is 1. The minimum Gasteiger partial charge on any atom is -0.477 e. The van der Waals surface area contributed by atoms with E-state index in [0.717, 1.165) is 21.7 Å². The van der Waals surface area contributed by atoms with Crippen LogP contribution in [0.25, 0.3) is 0 Å². The van der Waals surface area contributed by atoms with E-state index in [-0.39, 0.29) is 16.3 Å². The molecule has 0 aliphatic heterocycles. The van der Waals surface area contributed by atoms with Crippen LogP contribution >= 0.6 is 11.3 Å². The number of sulfonamides is 1. The molecular formula is C11H14N2O4S2. The Bertz CT molecular complexity index is 628. The molecule has 0 spiro atoms. The predicted octanol–water partition coefficient (Wildman–Crippen LogP) is 1.53. The number of nitriles is 1. The molecule has 0 saturated heterocycles. The number of hydrogen-bond acceptors (Lipinski definition) is 5. The van der Waals surface area contributed by atoms with E-state index in [1.165, 1.54) is 7.05 Å². The zero-order chi connectivity index (χ0) is 14.8. The Hall–Kier alpha value is -1.43. The second-order valence-electron chi connectivity index (χ2n) is 4.15. The van der Waals surface area contributed by atoms with Crippen molar-refractivity contribution < 1.29 is 18.3 Å². The van der Waals surface area contributed by atoms with Crippen molar-refractivity contribution >= 4 is 27.3 Å². The number of rotatable bonds is 5. The Morgan fingerprint density at radius 2 is 2.21 bits per heavy atom. The third kappa shape index (κ3) is 3.32. The number of hydrogen-bond donors (Lipinski definition) is 1. The number of aromatic carboxylic acids is 1.